The van der Waals surface area contributed by atoms with Crippen LogP contribution in [-0.4, -0.2) is 5.60 Å². The molecule has 1 aliphatic heterocycles. The summed E-state index contributed by atoms with van der Waals surface area (Å²) in [6, 6.07) is 12.1. The number of para-hydroxylation sites is 1. The molecule has 1 aliphatic rings. The van der Waals surface area contributed by atoms with E-state index in [0.717, 1.165) is 22.3 Å². The number of hydrogen-bond acceptors (Lipinski definition) is 2. The van der Waals surface area contributed by atoms with Crippen molar-refractivity contribution in [1.82, 2.24) is 0 Å². The Bertz CT molecular complexity index is 684. The Hall–Kier alpha value is -1.19. The number of nitrogens with one attached hydrogen (secondary N) is 1. The van der Waals surface area contributed by atoms with Gasteiger partial charge in [0.1, 0.15) is 11.4 Å². The molecule has 0 atom stereocenters. The highest BCUT2D eigenvalue weighted by molar-refractivity contribution is 9.10. The first kappa shape index (κ1) is 14.7. The van der Waals surface area contributed by atoms with Crippen molar-refractivity contribution in [3.8, 4) is 5.75 Å². The third-order valence-corrected chi connectivity index (χ3v) is 4.99. The molecule has 2 aromatic carbocycles. The molecule has 0 saturated carbocycles. The average Bonchev–Trinajstić information content (AvgIpc) is 2.75. The predicted octanol–water partition coefficient (Wildman–Crippen LogP) is 5.43. The van der Waals surface area contributed by atoms with E-state index >= 15 is 0 Å². The molecule has 3 rings (SSSR count). The lowest BCUT2D eigenvalue weighted by molar-refractivity contribution is 0.137. The number of rotatable bonds is 3. The van der Waals surface area contributed by atoms with Gasteiger partial charge >= 0.3 is 0 Å². The van der Waals surface area contributed by atoms with Gasteiger partial charge in [-0.05, 0) is 47.5 Å². The number of hydrogen-bond donors (Lipinski definition) is 1. The molecule has 0 spiro atoms. The van der Waals surface area contributed by atoms with Gasteiger partial charge in [0, 0.05) is 18.5 Å². The van der Waals surface area contributed by atoms with Crippen LogP contribution in [0.1, 0.15) is 25.0 Å². The van der Waals surface area contributed by atoms with Crippen molar-refractivity contribution >= 4 is 33.2 Å². The first-order valence-electron chi connectivity index (χ1n) is 6.94. The van der Waals surface area contributed by atoms with Gasteiger partial charge in [0.2, 0.25) is 0 Å². The van der Waals surface area contributed by atoms with Crippen LogP contribution in [0.3, 0.4) is 0 Å². The second-order valence-corrected chi connectivity index (χ2v) is 7.10. The maximum atomic E-state index is 6.12. The highest BCUT2D eigenvalue weighted by atomic mass is 79.9. The van der Waals surface area contributed by atoms with Crippen molar-refractivity contribution in [2.24, 2.45) is 0 Å². The van der Waals surface area contributed by atoms with Gasteiger partial charge in [-0.1, -0.05) is 35.9 Å². The number of fused-ring (bicyclic) bond motifs is 1. The lowest BCUT2D eigenvalue weighted by Crippen LogP contribution is -2.25. The van der Waals surface area contributed by atoms with Crippen molar-refractivity contribution in [3.63, 3.8) is 0 Å². The van der Waals surface area contributed by atoms with E-state index in [9.17, 15) is 0 Å². The largest absolute Gasteiger partial charge is 0.487 e. The predicted molar refractivity (Wildman–Crippen MR) is 91.3 cm³/mol. The molecule has 1 heterocycles. The van der Waals surface area contributed by atoms with Gasteiger partial charge in [-0.25, -0.2) is 0 Å². The van der Waals surface area contributed by atoms with Crippen LogP contribution in [0, 0.1) is 0 Å². The van der Waals surface area contributed by atoms with Crippen molar-refractivity contribution in [3.05, 3.63) is 57.0 Å². The first-order chi connectivity index (χ1) is 9.96. The van der Waals surface area contributed by atoms with E-state index in [4.69, 9.17) is 16.3 Å². The van der Waals surface area contributed by atoms with E-state index in [2.05, 4.69) is 53.3 Å². The van der Waals surface area contributed by atoms with Gasteiger partial charge < -0.3 is 10.1 Å². The zero-order chi connectivity index (χ0) is 15.0. The van der Waals surface area contributed by atoms with Crippen molar-refractivity contribution in [2.75, 3.05) is 5.32 Å². The molecule has 0 unspecified atom stereocenters. The van der Waals surface area contributed by atoms with Gasteiger partial charge in [0.05, 0.1) is 15.2 Å². The summed E-state index contributed by atoms with van der Waals surface area (Å²) in [6.07, 6.45) is 0.955. The maximum Gasteiger partial charge on any atom is 0.128 e. The summed E-state index contributed by atoms with van der Waals surface area (Å²) in [4.78, 5) is 0. The SMILES string of the molecule is CC1(C)Cc2cccc(CNc3cccc(Cl)c3Br)c2O1. The van der Waals surface area contributed by atoms with E-state index in [1.165, 1.54) is 11.1 Å². The second kappa shape index (κ2) is 5.54. The van der Waals surface area contributed by atoms with Gasteiger partial charge in [0.15, 0.2) is 0 Å². The Morgan fingerprint density at radius 3 is 2.81 bits per heavy atom. The number of benzene rings is 2. The monoisotopic (exact) mass is 365 g/mol. The van der Waals surface area contributed by atoms with Crippen LogP contribution >= 0.6 is 27.5 Å². The molecular formula is C17H17BrClNO. The lowest BCUT2D eigenvalue weighted by Gasteiger charge is -2.18. The van der Waals surface area contributed by atoms with Crippen molar-refractivity contribution in [1.29, 1.82) is 0 Å². The molecule has 0 aromatic heterocycles. The smallest absolute Gasteiger partial charge is 0.128 e. The molecule has 0 radical (unpaired) electrons. The molecule has 2 nitrogen and oxygen atoms in total. The van der Waals surface area contributed by atoms with E-state index in [-0.39, 0.29) is 5.60 Å². The molecule has 1 N–H and O–H groups in total. The highest BCUT2D eigenvalue weighted by Gasteiger charge is 2.31. The van der Waals surface area contributed by atoms with Gasteiger partial charge in [0.25, 0.3) is 0 Å². The minimum Gasteiger partial charge on any atom is -0.487 e. The third kappa shape index (κ3) is 3.04. The number of ether oxygens (including phenoxy) is 1. The fourth-order valence-corrected chi connectivity index (χ4v) is 3.23. The van der Waals surface area contributed by atoms with E-state index in [1.54, 1.807) is 0 Å². The Labute approximate surface area is 138 Å². The van der Waals surface area contributed by atoms with Crippen LogP contribution < -0.4 is 10.1 Å². The number of anilines is 1. The van der Waals surface area contributed by atoms with Gasteiger partial charge in [-0.3, -0.25) is 0 Å². The van der Waals surface area contributed by atoms with Crippen LogP contribution in [0.4, 0.5) is 5.69 Å². The highest BCUT2D eigenvalue weighted by Crippen LogP contribution is 2.38. The van der Waals surface area contributed by atoms with E-state index < -0.39 is 0 Å². The molecule has 0 saturated heterocycles. The Balaban J connectivity index is 1.82. The molecule has 0 fully saturated rings. The first-order valence-corrected chi connectivity index (χ1v) is 8.11. The standard InChI is InChI=1S/C17H17BrClNO/c1-17(2)9-11-5-3-6-12(16(11)21-17)10-20-14-8-4-7-13(19)15(14)18/h3-8,20H,9-10H2,1-2H3. The summed E-state index contributed by atoms with van der Waals surface area (Å²) in [5.74, 6) is 1.02. The normalized spacial score (nSPS) is 15.4. The molecule has 2 aromatic rings. The van der Waals surface area contributed by atoms with Crippen LogP contribution in [0.25, 0.3) is 0 Å². The zero-order valence-corrected chi connectivity index (χ0v) is 14.4. The Kier molecular flexibility index (Phi) is 3.89. The Morgan fingerprint density at radius 2 is 2.00 bits per heavy atom. The summed E-state index contributed by atoms with van der Waals surface area (Å²) < 4.78 is 6.98. The van der Waals surface area contributed by atoms with Crippen LogP contribution in [0.5, 0.6) is 5.75 Å². The zero-order valence-electron chi connectivity index (χ0n) is 12.0. The lowest BCUT2D eigenvalue weighted by atomic mass is 10.0. The minimum absolute atomic E-state index is 0.116. The second-order valence-electron chi connectivity index (χ2n) is 5.90. The quantitative estimate of drug-likeness (QED) is 0.782. The average molecular weight is 367 g/mol. The van der Waals surface area contributed by atoms with Crippen molar-refractivity contribution < 1.29 is 4.74 Å². The Morgan fingerprint density at radius 1 is 1.24 bits per heavy atom. The molecule has 21 heavy (non-hydrogen) atoms. The van der Waals surface area contributed by atoms with Crippen LogP contribution in [0.15, 0.2) is 40.9 Å². The molecule has 110 valence electrons. The van der Waals surface area contributed by atoms with Crippen LogP contribution in [0.2, 0.25) is 5.02 Å². The molecule has 0 amide bonds. The summed E-state index contributed by atoms with van der Waals surface area (Å²) in [7, 11) is 0. The third-order valence-electron chi connectivity index (χ3n) is 3.59. The summed E-state index contributed by atoms with van der Waals surface area (Å²) in [5, 5.41) is 4.12. The number of halogens is 2. The fraction of sp³-hybridized carbons (Fsp3) is 0.294. The summed E-state index contributed by atoms with van der Waals surface area (Å²) in [6.45, 7) is 4.95. The summed E-state index contributed by atoms with van der Waals surface area (Å²) >= 11 is 9.62. The topological polar surface area (TPSA) is 21.3 Å². The van der Waals surface area contributed by atoms with Crippen molar-refractivity contribution in [2.45, 2.75) is 32.4 Å². The van der Waals surface area contributed by atoms with E-state index in [1.807, 2.05) is 18.2 Å². The fourth-order valence-electron chi connectivity index (χ4n) is 2.65. The van der Waals surface area contributed by atoms with Gasteiger partial charge in [-0.15, -0.1) is 0 Å². The molecule has 0 aliphatic carbocycles. The minimum atomic E-state index is -0.116. The maximum absolute atomic E-state index is 6.12. The molecule has 0 bridgehead atoms. The van der Waals surface area contributed by atoms with Gasteiger partial charge in [-0.2, -0.15) is 0 Å². The molecule has 4 heteroatoms. The van der Waals surface area contributed by atoms with Crippen LogP contribution in [-0.2, 0) is 13.0 Å². The molecular weight excluding hydrogens is 350 g/mol. The summed E-state index contributed by atoms with van der Waals surface area (Å²) in [5.41, 5.74) is 3.32. The van der Waals surface area contributed by atoms with E-state index in [0.29, 0.717) is 11.6 Å².